The van der Waals surface area contributed by atoms with Gasteiger partial charge in [0.1, 0.15) is 0 Å². The molecule has 1 rings (SSSR count). The lowest BCUT2D eigenvalue weighted by Gasteiger charge is -2.32. The molecule has 0 aromatic rings. The molecule has 0 aromatic carbocycles. The SMILES string of the molecule is CN(CC1(O)CCCC1)C(=O)C(C)(C)C. The van der Waals surface area contributed by atoms with Crippen LogP contribution in [0.25, 0.3) is 0 Å². The number of hydrogen-bond donors (Lipinski definition) is 1. The Morgan fingerprint density at radius 3 is 2.20 bits per heavy atom. The number of aliphatic hydroxyl groups is 1. The van der Waals surface area contributed by atoms with Crippen molar-refractivity contribution in [3.05, 3.63) is 0 Å². The maximum Gasteiger partial charge on any atom is 0.227 e. The number of rotatable bonds is 2. The van der Waals surface area contributed by atoms with Crippen LogP contribution in [0.1, 0.15) is 46.5 Å². The van der Waals surface area contributed by atoms with Crippen LogP contribution in [0.15, 0.2) is 0 Å². The van der Waals surface area contributed by atoms with Crippen LogP contribution in [-0.4, -0.2) is 35.1 Å². The molecule has 0 unspecified atom stereocenters. The van der Waals surface area contributed by atoms with E-state index in [1.54, 1.807) is 11.9 Å². The molecule has 0 aliphatic heterocycles. The molecule has 15 heavy (non-hydrogen) atoms. The molecular weight excluding hydrogens is 190 g/mol. The molecular formula is C12H23NO2. The molecule has 1 aliphatic rings. The van der Waals surface area contributed by atoms with Crippen LogP contribution in [-0.2, 0) is 4.79 Å². The quantitative estimate of drug-likeness (QED) is 0.760. The number of nitrogens with zero attached hydrogens (tertiary/aromatic N) is 1. The fourth-order valence-electron chi connectivity index (χ4n) is 2.28. The maximum absolute atomic E-state index is 11.9. The van der Waals surface area contributed by atoms with Crippen molar-refractivity contribution in [1.82, 2.24) is 4.90 Å². The Morgan fingerprint density at radius 1 is 1.33 bits per heavy atom. The molecule has 0 spiro atoms. The second-order valence-electron chi connectivity index (χ2n) is 5.84. The van der Waals surface area contributed by atoms with Crippen LogP contribution >= 0.6 is 0 Å². The van der Waals surface area contributed by atoms with Gasteiger partial charge in [0.2, 0.25) is 5.91 Å². The second-order valence-corrected chi connectivity index (χ2v) is 5.84. The molecule has 0 radical (unpaired) electrons. The average molecular weight is 213 g/mol. The number of hydrogen-bond acceptors (Lipinski definition) is 2. The van der Waals surface area contributed by atoms with Gasteiger partial charge in [0, 0.05) is 19.0 Å². The van der Waals surface area contributed by atoms with E-state index in [4.69, 9.17) is 0 Å². The first-order valence-electron chi connectivity index (χ1n) is 5.73. The summed E-state index contributed by atoms with van der Waals surface area (Å²) in [5, 5.41) is 10.2. The predicted octanol–water partition coefficient (Wildman–Crippen LogP) is 1.80. The molecule has 1 amide bonds. The summed E-state index contributed by atoms with van der Waals surface area (Å²) in [7, 11) is 1.78. The summed E-state index contributed by atoms with van der Waals surface area (Å²) in [6, 6.07) is 0. The topological polar surface area (TPSA) is 40.5 Å². The Balaban J connectivity index is 2.55. The molecule has 0 heterocycles. The van der Waals surface area contributed by atoms with Crippen LogP contribution in [0.2, 0.25) is 0 Å². The molecule has 1 saturated carbocycles. The van der Waals surface area contributed by atoms with E-state index in [-0.39, 0.29) is 11.3 Å². The molecule has 0 atom stereocenters. The number of carbonyl (C=O) groups excluding carboxylic acids is 1. The van der Waals surface area contributed by atoms with Gasteiger partial charge in [-0.25, -0.2) is 0 Å². The smallest absolute Gasteiger partial charge is 0.227 e. The zero-order valence-corrected chi connectivity index (χ0v) is 10.3. The molecule has 0 aromatic heterocycles. The van der Waals surface area contributed by atoms with E-state index in [0.29, 0.717) is 6.54 Å². The first kappa shape index (κ1) is 12.5. The highest BCUT2D eigenvalue weighted by Crippen LogP contribution is 2.30. The van der Waals surface area contributed by atoms with Crippen molar-refractivity contribution in [2.45, 2.75) is 52.1 Å². The second kappa shape index (κ2) is 4.12. The molecule has 88 valence electrons. The Kier molecular flexibility index (Phi) is 3.44. The summed E-state index contributed by atoms with van der Waals surface area (Å²) in [6.45, 7) is 6.20. The fraction of sp³-hybridized carbons (Fsp3) is 0.917. The minimum absolute atomic E-state index is 0.0998. The van der Waals surface area contributed by atoms with Gasteiger partial charge in [-0.3, -0.25) is 4.79 Å². The van der Waals surface area contributed by atoms with Gasteiger partial charge in [-0.1, -0.05) is 33.6 Å². The van der Waals surface area contributed by atoms with E-state index in [0.717, 1.165) is 25.7 Å². The molecule has 3 heteroatoms. The largest absolute Gasteiger partial charge is 0.388 e. The summed E-state index contributed by atoms with van der Waals surface area (Å²) in [6.07, 6.45) is 3.81. The van der Waals surface area contributed by atoms with Gasteiger partial charge >= 0.3 is 0 Å². The Bertz CT molecular complexity index is 236. The van der Waals surface area contributed by atoms with E-state index in [1.165, 1.54) is 0 Å². The highest BCUT2D eigenvalue weighted by atomic mass is 16.3. The van der Waals surface area contributed by atoms with Gasteiger partial charge in [-0.05, 0) is 12.8 Å². The lowest BCUT2D eigenvalue weighted by Crippen LogP contribution is -2.45. The van der Waals surface area contributed by atoms with E-state index >= 15 is 0 Å². The Hall–Kier alpha value is -0.570. The molecule has 0 saturated heterocycles. The normalized spacial score (nSPS) is 20.3. The summed E-state index contributed by atoms with van der Waals surface area (Å²) in [4.78, 5) is 13.6. The van der Waals surface area contributed by atoms with Crippen LogP contribution in [0.5, 0.6) is 0 Å². The highest BCUT2D eigenvalue weighted by molar-refractivity contribution is 5.81. The van der Waals surface area contributed by atoms with Crippen molar-refractivity contribution >= 4 is 5.91 Å². The number of likely N-dealkylation sites (N-methyl/N-ethyl adjacent to an activating group) is 1. The standard InChI is InChI=1S/C12H23NO2/c1-11(2,3)10(14)13(4)9-12(15)7-5-6-8-12/h15H,5-9H2,1-4H3. The van der Waals surface area contributed by atoms with Gasteiger partial charge in [-0.15, -0.1) is 0 Å². The van der Waals surface area contributed by atoms with Crippen molar-refractivity contribution in [3.8, 4) is 0 Å². The van der Waals surface area contributed by atoms with Crippen LogP contribution in [0, 0.1) is 5.41 Å². The van der Waals surface area contributed by atoms with E-state index in [2.05, 4.69) is 0 Å². The minimum Gasteiger partial charge on any atom is -0.388 e. The highest BCUT2D eigenvalue weighted by Gasteiger charge is 2.35. The lowest BCUT2D eigenvalue weighted by molar-refractivity contribution is -0.141. The molecule has 1 fully saturated rings. The van der Waals surface area contributed by atoms with Gasteiger partial charge in [0.05, 0.1) is 5.60 Å². The molecule has 0 bridgehead atoms. The van der Waals surface area contributed by atoms with Crippen molar-refractivity contribution in [3.63, 3.8) is 0 Å². The van der Waals surface area contributed by atoms with E-state index < -0.39 is 5.60 Å². The summed E-state index contributed by atoms with van der Waals surface area (Å²) >= 11 is 0. The monoisotopic (exact) mass is 213 g/mol. The first-order chi connectivity index (χ1) is 6.75. The summed E-state index contributed by atoms with van der Waals surface area (Å²) in [5.41, 5.74) is -0.987. The zero-order valence-electron chi connectivity index (χ0n) is 10.3. The number of carbonyl (C=O) groups is 1. The van der Waals surface area contributed by atoms with Gasteiger partial charge in [-0.2, -0.15) is 0 Å². The van der Waals surface area contributed by atoms with Crippen molar-refractivity contribution in [1.29, 1.82) is 0 Å². The zero-order chi connectivity index (χ0) is 11.7. The fourth-order valence-corrected chi connectivity index (χ4v) is 2.28. The Labute approximate surface area is 92.5 Å². The van der Waals surface area contributed by atoms with E-state index in [1.807, 2.05) is 20.8 Å². The van der Waals surface area contributed by atoms with Crippen molar-refractivity contribution in [2.24, 2.45) is 5.41 Å². The Morgan fingerprint density at radius 2 is 1.80 bits per heavy atom. The lowest BCUT2D eigenvalue weighted by atomic mass is 9.93. The maximum atomic E-state index is 11.9. The molecule has 1 N–H and O–H groups in total. The predicted molar refractivity (Wildman–Crippen MR) is 60.5 cm³/mol. The van der Waals surface area contributed by atoms with Crippen molar-refractivity contribution < 1.29 is 9.90 Å². The minimum atomic E-state index is -0.629. The van der Waals surface area contributed by atoms with Crippen molar-refractivity contribution in [2.75, 3.05) is 13.6 Å². The van der Waals surface area contributed by atoms with Crippen LogP contribution in [0.4, 0.5) is 0 Å². The van der Waals surface area contributed by atoms with E-state index in [9.17, 15) is 9.90 Å². The average Bonchev–Trinajstić information content (AvgIpc) is 2.48. The van der Waals surface area contributed by atoms with Gasteiger partial charge in [0.25, 0.3) is 0 Å². The van der Waals surface area contributed by atoms with Crippen LogP contribution < -0.4 is 0 Å². The first-order valence-corrected chi connectivity index (χ1v) is 5.73. The molecule has 3 nitrogen and oxygen atoms in total. The van der Waals surface area contributed by atoms with Crippen LogP contribution in [0.3, 0.4) is 0 Å². The summed E-state index contributed by atoms with van der Waals surface area (Å²) in [5.74, 6) is 0.0998. The molecule has 1 aliphatic carbocycles. The van der Waals surface area contributed by atoms with Gasteiger partial charge < -0.3 is 10.0 Å². The third-order valence-corrected chi connectivity index (χ3v) is 3.05. The third kappa shape index (κ3) is 3.20. The summed E-state index contributed by atoms with van der Waals surface area (Å²) < 4.78 is 0. The third-order valence-electron chi connectivity index (χ3n) is 3.05. The van der Waals surface area contributed by atoms with Gasteiger partial charge in [0.15, 0.2) is 0 Å². The number of amides is 1.